The second-order valence-corrected chi connectivity index (χ2v) is 6.78. The van der Waals surface area contributed by atoms with E-state index in [4.69, 9.17) is 5.11 Å². The highest BCUT2D eigenvalue weighted by Crippen LogP contribution is 2.24. The lowest BCUT2D eigenvalue weighted by Gasteiger charge is -2.09. The van der Waals surface area contributed by atoms with Crippen LogP contribution in [-0.2, 0) is 10.0 Å². The van der Waals surface area contributed by atoms with Crippen LogP contribution < -0.4 is 4.72 Å². The van der Waals surface area contributed by atoms with E-state index in [1.165, 1.54) is 18.3 Å². The molecule has 2 aromatic rings. The van der Waals surface area contributed by atoms with Gasteiger partial charge < -0.3 is 5.11 Å². The van der Waals surface area contributed by atoms with Gasteiger partial charge >= 0.3 is 5.97 Å². The molecule has 1 aromatic heterocycles. The number of aromatic carboxylic acids is 1. The number of rotatable bonds is 4. The zero-order valence-corrected chi connectivity index (χ0v) is 13.3. The molecule has 1 heterocycles. The molecular weight excluding hydrogens is 360 g/mol. The average molecular weight is 371 g/mol. The van der Waals surface area contributed by atoms with Crippen LogP contribution in [0.2, 0.25) is 0 Å². The van der Waals surface area contributed by atoms with E-state index in [9.17, 15) is 13.2 Å². The van der Waals surface area contributed by atoms with E-state index in [1.807, 2.05) is 6.92 Å². The van der Waals surface area contributed by atoms with E-state index in [0.29, 0.717) is 4.47 Å². The highest BCUT2D eigenvalue weighted by molar-refractivity contribution is 9.10. The summed E-state index contributed by atoms with van der Waals surface area (Å²) in [4.78, 5) is 14.7. The van der Waals surface area contributed by atoms with Gasteiger partial charge in [0.2, 0.25) is 0 Å². The summed E-state index contributed by atoms with van der Waals surface area (Å²) in [5.74, 6) is -1.21. The third kappa shape index (κ3) is 3.59. The first-order chi connectivity index (χ1) is 9.79. The lowest BCUT2D eigenvalue weighted by atomic mass is 10.2. The van der Waals surface area contributed by atoms with Crippen molar-refractivity contribution in [3.8, 4) is 0 Å². The molecule has 0 aliphatic heterocycles. The van der Waals surface area contributed by atoms with Crippen LogP contribution in [0.3, 0.4) is 0 Å². The molecule has 0 bridgehead atoms. The van der Waals surface area contributed by atoms with E-state index in [-0.39, 0.29) is 16.3 Å². The number of anilines is 1. The maximum absolute atomic E-state index is 12.3. The van der Waals surface area contributed by atoms with Crippen molar-refractivity contribution in [3.05, 3.63) is 52.1 Å². The number of nitrogens with one attached hydrogen (secondary N) is 1. The zero-order chi connectivity index (χ0) is 15.6. The van der Waals surface area contributed by atoms with Gasteiger partial charge in [-0.25, -0.2) is 18.2 Å². The Labute approximate surface area is 130 Å². The Morgan fingerprint density at radius 2 is 2.00 bits per heavy atom. The van der Waals surface area contributed by atoms with Crippen molar-refractivity contribution in [3.63, 3.8) is 0 Å². The van der Waals surface area contributed by atoms with Gasteiger partial charge in [-0.1, -0.05) is 6.07 Å². The van der Waals surface area contributed by atoms with E-state index in [0.717, 1.165) is 11.6 Å². The first kappa shape index (κ1) is 15.5. The molecule has 0 unspecified atom stereocenters. The van der Waals surface area contributed by atoms with Crippen LogP contribution >= 0.6 is 15.9 Å². The largest absolute Gasteiger partial charge is 0.478 e. The molecule has 0 fully saturated rings. The summed E-state index contributed by atoms with van der Waals surface area (Å²) in [6.07, 6.45) is 1.23. The Kier molecular flexibility index (Phi) is 4.29. The van der Waals surface area contributed by atoms with Gasteiger partial charge in [-0.05, 0) is 52.7 Å². The third-order valence-corrected chi connectivity index (χ3v) is 4.95. The molecule has 0 aliphatic carbocycles. The minimum absolute atomic E-state index is 0.0503. The summed E-state index contributed by atoms with van der Waals surface area (Å²) >= 11 is 3.20. The van der Waals surface area contributed by atoms with Gasteiger partial charge in [-0.15, -0.1) is 0 Å². The fourth-order valence-electron chi connectivity index (χ4n) is 1.64. The number of sulfonamides is 1. The van der Waals surface area contributed by atoms with Gasteiger partial charge in [-0.2, -0.15) is 0 Å². The number of carboxylic acid groups (broad SMARTS) is 1. The number of nitrogens with zero attached hydrogens (tertiary/aromatic N) is 1. The minimum atomic E-state index is -3.86. The average Bonchev–Trinajstić information content (AvgIpc) is 2.37. The third-order valence-electron chi connectivity index (χ3n) is 2.62. The minimum Gasteiger partial charge on any atom is -0.478 e. The molecule has 6 nitrogen and oxygen atoms in total. The number of hydrogen-bond donors (Lipinski definition) is 2. The summed E-state index contributed by atoms with van der Waals surface area (Å²) in [5.41, 5.74) is 0.859. The number of halogens is 1. The zero-order valence-electron chi connectivity index (χ0n) is 10.9. The van der Waals surface area contributed by atoms with Gasteiger partial charge in [0.05, 0.1) is 5.56 Å². The number of aryl methyl sites for hydroxylation is 1. The van der Waals surface area contributed by atoms with Crippen molar-refractivity contribution in [2.24, 2.45) is 0 Å². The number of benzene rings is 1. The molecule has 0 amide bonds. The molecule has 0 aliphatic rings. The molecular formula is C13H11BrN2O4S. The van der Waals surface area contributed by atoms with Crippen molar-refractivity contribution in [1.82, 2.24) is 4.98 Å². The van der Waals surface area contributed by atoms with Crippen molar-refractivity contribution >= 4 is 37.7 Å². The lowest BCUT2D eigenvalue weighted by Crippen LogP contribution is -2.15. The van der Waals surface area contributed by atoms with E-state index in [2.05, 4.69) is 25.6 Å². The smallest absolute Gasteiger partial charge is 0.335 e. The van der Waals surface area contributed by atoms with Crippen LogP contribution in [0.1, 0.15) is 15.9 Å². The number of carbonyl (C=O) groups is 1. The molecule has 110 valence electrons. The van der Waals surface area contributed by atoms with E-state index >= 15 is 0 Å². The first-order valence-corrected chi connectivity index (χ1v) is 8.05. The van der Waals surface area contributed by atoms with Gasteiger partial charge in [0.15, 0.2) is 0 Å². The van der Waals surface area contributed by atoms with Crippen LogP contribution in [0, 0.1) is 6.92 Å². The maximum Gasteiger partial charge on any atom is 0.335 e. The number of pyridine rings is 1. The molecule has 2 rings (SSSR count). The SMILES string of the molecule is Cc1ccc(S(=O)(=O)Nc2cc(C(=O)O)ccn2)c(Br)c1. The number of hydrogen-bond acceptors (Lipinski definition) is 4. The Bertz CT molecular complexity index is 806. The quantitative estimate of drug-likeness (QED) is 0.862. The molecule has 0 radical (unpaired) electrons. The predicted molar refractivity (Wildman–Crippen MR) is 80.9 cm³/mol. The monoisotopic (exact) mass is 370 g/mol. The van der Waals surface area contributed by atoms with Gasteiger partial charge in [0.25, 0.3) is 10.0 Å². The lowest BCUT2D eigenvalue weighted by molar-refractivity contribution is 0.0697. The highest BCUT2D eigenvalue weighted by Gasteiger charge is 2.18. The Hall–Kier alpha value is -1.93. The van der Waals surface area contributed by atoms with Gasteiger partial charge in [0, 0.05) is 10.7 Å². The standard InChI is InChI=1S/C13H11BrN2O4S/c1-8-2-3-11(10(14)6-8)21(19,20)16-12-7-9(13(17)18)4-5-15-12/h2-7H,1H3,(H,15,16)(H,17,18). The predicted octanol–water partition coefficient (Wildman–Crippen LogP) is 2.65. The molecule has 21 heavy (non-hydrogen) atoms. The van der Waals surface area contributed by atoms with Crippen molar-refractivity contribution in [2.45, 2.75) is 11.8 Å². The van der Waals surface area contributed by atoms with Crippen LogP contribution in [-0.4, -0.2) is 24.5 Å². The van der Waals surface area contributed by atoms with Crippen LogP contribution in [0.5, 0.6) is 0 Å². The van der Waals surface area contributed by atoms with Crippen molar-refractivity contribution < 1.29 is 18.3 Å². The molecule has 8 heteroatoms. The summed E-state index contributed by atoms with van der Waals surface area (Å²) in [6, 6.07) is 7.24. The van der Waals surface area contributed by atoms with Crippen molar-refractivity contribution in [1.29, 1.82) is 0 Å². The number of carboxylic acids is 1. The summed E-state index contributed by atoms with van der Waals surface area (Å²) in [5, 5.41) is 8.89. The molecule has 0 atom stereocenters. The van der Waals surface area contributed by atoms with Gasteiger partial charge in [0.1, 0.15) is 10.7 Å². The fraction of sp³-hybridized carbons (Fsp3) is 0.0769. The summed E-state index contributed by atoms with van der Waals surface area (Å²) in [7, 11) is -3.86. The van der Waals surface area contributed by atoms with Crippen LogP contribution in [0.25, 0.3) is 0 Å². The van der Waals surface area contributed by atoms with Gasteiger partial charge in [-0.3, -0.25) is 4.72 Å². The molecule has 1 aromatic carbocycles. The van der Waals surface area contributed by atoms with Crippen LogP contribution in [0.4, 0.5) is 5.82 Å². The second kappa shape index (κ2) is 5.82. The Balaban J connectivity index is 2.37. The number of aromatic nitrogens is 1. The second-order valence-electron chi connectivity index (χ2n) is 4.27. The summed E-state index contributed by atoms with van der Waals surface area (Å²) in [6.45, 7) is 1.84. The molecule has 0 saturated heterocycles. The summed E-state index contributed by atoms with van der Waals surface area (Å²) < 4.78 is 27.3. The fourth-order valence-corrected chi connectivity index (χ4v) is 3.83. The molecule has 0 saturated carbocycles. The topological polar surface area (TPSA) is 96.4 Å². The maximum atomic E-state index is 12.3. The molecule has 0 spiro atoms. The first-order valence-electron chi connectivity index (χ1n) is 5.78. The Morgan fingerprint density at radius 3 is 2.62 bits per heavy atom. The highest BCUT2D eigenvalue weighted by atomic mass is 79.9. The normalized spacial score (nSPS) is 11.1. The van der Waals surface area contributed by atoms with Crippen LogP contribution in [0.15, 0.2) is 45.9 Å². The Morgan fingerprint density at radius 1 is 1.29 bits per heavy atom. The van der Waals surface area contributed by atoms with E-state index in [1.54, 1.807) is 12.1 Å². The van der Waals surface area contributed by atoms with Crippen molar-refractivity contribution in [2.75, 3.05) is 4.72 Å². The molecule has 2 N–H and O–H groups in total. The van der Waals surface area contributed by atoms with E-state index < -0.39 is 16.0 Å².